The number of nitrogens with two attached hydrogens (primary N) is 1. The van der Waals surface area contributed by atoms with Crippen molar-refractivity contribution < 1.29 is 18.5 Å². The maximum atomic E-state index is 12.9. The zero-order chi connectivity index (χ0) is 16.7. The molecule has 2 nitrogen and oxygen atoms in total. The van der Waals surface area contributed by atoms with Crippen LogP contribution in [0.5, 0.6) is 0 Å². The number of piperidine rings is 1. The third-order valence-corrected chi connectivity index (χ3v) is 5.99. The number of alkyl halides is 3. The van der Waals surface area contributed by atoms with E-state index in [1.165, 1.54) is 25.5 Å². The van der Waals surface area contributed by atoms with E-state index in [0.29, 0.717) is 5.92 Å². The molecule has 2 fully saturated rings. The molecule has 2 N–H and O–H groups in total. The predicted molar refractivity (Wildman–Crippen MR) is 84.2 cm³/mol. The lowest BCUT2D eigenvalue weighted by Gasteiger charge is -2.53. The van der Waals surface area contributed by atoms with Crippen LogP contribution in [-0.2, 0) is 6.18 Å². The third-order valence-electron chi connectivity index (χ3n) is 5.99. The van der Waals surface area contributed by atoms with E-state index in [0.717, 1.165) is 31.0 Å². The van der Waals surface area contributed by atoms with Gasteiger partial charge < -0.3 is 5.32 Å². The Hall–Kier alpha value is -1.07. The summed E-state index contributed by atoms with van der Waals surface area (Å²) in [4.78, 5) is 2.36. The van der Waals surface area contributed by atoms with E-state index in [1.54, 1.807) is 6.07 Å². The molecular formula is C18H26F3N2+. The van der Waals surface area contributed by atoms with E-state index in [-0.39, 0.29) is 11.5 Å². The van der Waals surface area contributed by atoms with Crippen molar-refractivity contribution in [1.29, 1.82) is 0 Å². The molecule has 5 heteroatoms. The highest BCUT2D eigenvalue weighted by atomic mass is 19.4. The molecule has 1 atom stereocenters. The lowest BCUT2D eigenvalue weighted by atomic mass is 9.60. The van der Waals surface area contributed by atoms with Crippen molar-refractivity contribution >= 4 is 0 Å². The van der Waals surface area contributed by atoms with E-state index in [1.807, 2.05) is 6.07 Å². The number of quaternary nitrogens is 1. The van der Waals surface area contributed by atoms with Gasteiger partial charge in [0.05, 0.1) is 24.2 Å². The van der Waals surface area contributed by atoms with E-state index in [2.05, 4.69) is 24.3 Å². The van der Waals surface area contributed by atoms with Crippen LogP contribution in [0.1, 0.15) is 42.7 Å². The third kappa shape index (κ3) is 3.13. The summed E-state index contributed by atoms with van der Waals surface area (Å²) in [5, 5.41) is 2.39. The molecule has 1 heterocycles. The van der Waals surface area contributed by atoms with Crippen LogP contribution >= 0.6 is 0 Å². The molecule has 1 saturated carbocycles. The molecule has 1 aliphatic heterocycles. The maximum absolute atomic E-state index is 12.9. The van der Waals surface area contributed by atoms with Gasteiger partial charge in [-0.2, -0.15) is 13.2 Å². The number of hydrogen-bond donors (Lipinski definition) is 1. The molecule has 1 aliphatic carbocycles. The van der Waals surface area contributed by atoms with Crippen LogP contribution in [0.15, 0.2) is 24.3 Å². The minimum Gasteiger partial charge on any atom is -0.345 e. The van der Waals surface area contributed by atoms with Crippen LogP contribution in [0.2, 0.25) is 0 Å². The van der Waals surface area contributed by atoms with Gasteiger partial charge in [0, 0.05) is 0 Å². The fraction of sp³-hybridized carbons (Fsp3) is 0.667. The number of benzene rings is 1. The number of likely N-dealkylation sites (N-methyl/N-ethyl adjacent to an activating group) is 1. The van der Waals surface area contributed by atoms with Gasteiger partial charge in [-0.25, -0.2) is 0 Å². The summed E-state index contributed by atoms with van der Waals surface area (Å²) in [5.41, 5.74) is 0.549. The molecular weight excluding hydrogens is 301 g/mol. The second kappa shape index (κ2) is 6.10. The molecule has 1 saturated heterocycles. The smallest absolute Gasteiger partial charge is 0.345 e. The van der Waals surface area contributed by atoms with Crippen molar-refractivity contribution in [3.05, 3.63) is 35.4 Å². The van der Waals surface area contributed by atoms with E-state index in [4.69, 9.17) is 0 Å². The molecule has 0 radical (unpaired) electrons. The first-order valence-corrected chi connectivity index (χ1v) is 8.49. The largest absolute Gasteiger partial charge is 0.416 e. The molecule has 1 aromatic carbocycles. The van der Waals surface area contributed by atoms with Gasteiger partial charge in [-0.3, -0.25) is 4.90 Å². The normalized spacial score (nSPS) is 31.9. The van der Waals surface area contributed by atoms with Gasteiger partial charge in [-0.05, 0) is 63.2 Å². The van der Waals surface area contributed by atoms with Crippen LogP contribution in [0.25, 0.3) is 0 Å². The summed E-state index contributed by atoms with van der Waals surface area (Å²) in [6, 6.07) is 5.90. The Morgan fingerprint density at radius 1 is 1.22 bits per heavy atom. The Labute approximate surface area is 136 Å². The maximum Gasteiger partial charge on any atom is 0.416 e. The lowest BCUT2D eigenvalue weighted by molar-refractivity contribution is -0.675. The highest BCUT2D eigenvalue weighted by molar-refractivity contribution is 5.30. The van der Waals surface area contributed by atoms with Gasteiger partial charge in [0.1, 0.15) is 0 Å². The molecule has 3 rings (SSSR count). The monoisotopic (exact) mass is 327 g/mol. The summed E-state index contributed by atoms with van der Waals surface area (Å²) in [6.45, 7) is 2.30. The summed E-state index contributed by atoms with van der Waals surface area (Å²) >= 11 is 0. The van der Waals surface area contributed by atoms with Gasteiger partial charge in [0.25, 0.3) is 0 Å². The van der Waals surface area contributed by atoms with Crippen molar-refractivity contribution in [3.8, 4) is 0 Å². The van der Waals surface area contributed by atoms with Crippen LogP contribution < -0.4 is 5.32 Å². The molecule has 0 unspecified atom stereocenters. The van der Waals surface area contributed by atoms with E-state index in [9.17, 15) is 13.2 Å². The fourth-order valence-corrected chi connectivity index (χ4v) is 4.45. The Morgan fingerprint density at radius 2 is 1.96 bits per heavy atom. The van der Waals surface area contributed by atoms with Crippen molar-refractivity contribution in [3.63, 3.8) is 0 Å². The molecule has 0 bridgehead atoms. The minimum absolute atomic E-state index is 0.219. The SMILES string of the molecule is CN(C)[C@@]1(C2CC(c3cccc(C(F)(F)F)c3)C2)CCC[NH2+]C1. The Balaban J connectivity index is 1.71. The fourth-order valence-electron chi connectivity index (χ4n) is 4.45. The average molecular weight is 327 g/mol. The molecule has 0 amide bonds. The predicted octanol–water partition coefficient (Wildman–Crippen LogP) is 2.86. The molecule has 128 valence electrons. The first-order valence-electron chi connectivity index (χ1n) is 8.49. The summed E-state index contributed by atoms with van der Waals surface area (Å²) in [5.74, 6) is 0.870. The quantitative estimate of drug-likeness (QED) is 0.905. The number of nitrogens with zero attached hydrogens (tertiary/aromatic N) is 1. The van der Waals surface area contributed by atoms with Gasteiger partial charge in [-0.15, -0.1) is 0 Å². The summed E-state index contributed by atoms with van der Waals surface area (Å²) < 4.78 is 38.6. The highest BCUT2D eigenvalue weighted by Crippen LogP contribution is 2.50. The zero-order valence-corrected chi connectivity index (χ0v) is 13.9. The van der Waals surface area contributed by atoms with Gasteiger partial charge in [0.2, 0.25) is 0 Å². The second-order valence-corrected chi connectivity index (χ2v) is 7.37. The van der Waals surface area contributed by atoms with Gasteiger partial charge in [-0.1, -0.05) is 18.2 Å². The van der Waals surface area contributed by atoms with Crippen molar-refractivity contribution in [1.82, 2.24) is 4.90 Å². The Bertz CT molecular complexity index is 541. The van der Waals surface area contributed by atoms with Crippen LogP contribution in [0, 0.1) is 5.92 Å². The summed E-state index contributed by atoms with van der Waals surface area (Å²) in [7, 11) is 4.30. The van der Waals surface area contributed by atoms with Crippen LogP contribution in [-0.4, -0.2) is 37.6 Å². The highest BCUT2D eigenvalue weighted by Gasteiger charge is 2.49. The lowest BCUT2D eigenvalue weighted by Crippen LogP contribution is -2.92. The number of halogens is 3. The van der Waals surface area contributed by atoms with Crippen LogP contribution in [0.3, 0.4) is 0 Å². The topological polar surface area (TPSA) is 19.9 Å². The van der Waals surface area contributed by atoms with Crippen LogP contribution in [0.4, 0.5) is 13.2 Å². The number of rotatable bonds is 3. The molecule has 1 aromatic rings. The first-order chi connectivity index (χ1) is 10.8. The molecule has 0 spiro atoms. The zero-order valence-electron chi connectivity index (χ0n) is 13.9. The first kappa shape index (κ1) is 16.8. The van der Waals surface area contributed by atoms with Gasteiger partial charge >= 0.3 is 6.18 Å². The van der Waals surface area contributed by atoms with Crippen molar-refractivity contribution in [2.75, 3.05) is 27.2 Å². The van der Waals surface area contributed by atoms with E-state index < -0.39 is 11.7 Å². The summed E-state index contributed by atoms with van der Waals surface area (Å²) in [6.07, 6.45) is 0.197. The van der Waals surface area contributed by atoms with Crippen molar-refractivity contribution in [2.24, 2.45) is 5.92 Å². The average Bonchev–Trinajstić information content (AvgIpc) is 2.46. The van der Waals surface area contributed by atoms with E-state index >= 15 is 0 Å². The van der Waals surface area contributed by atoms with Crippen molar-refractivity contribution in [2.45, 2.75) is 43.3 Å². The molecule has 0 aromatic heterocycles. The molecule has 2 aliphatic rings. The minimum atomic E-state index is -4.25. The Kier molecular flexibility index (Phi) is 4.45. The Morgan fingerprint density at radius 3 is 2.52 bits per heavy atom. The molecule has 23 heavy (non-hydrogen) atoms. The number of hydrogen-bond acceptors (Lipinski definition) is 1. The standard InChI is InChI=1S/C18H25F3N2/c1-23(2)17(7-4-8-22-12-17)16-10-14(11-16)13-5-3-6-15(9-13)18(19,20)21/h3,5-6,9,14,16,22H,4,7-8,10-12H2,1-2H3/p+1/t14?,16?,17-/m0/s1. The second-order valence-electron chi connectivity index (χ2n) is 7.37. The van der Waals surface area contributed by atoms with Gasteiger partial charge in [0.15, 0.2) is 0 Å².